The van der Waals surface area contributed by atoms with Crippen molar-refractivity contribution in [2.45, 2.75) is 19.5 Å². The van der Waals surface area contributed by atoms with Crippen LogP contribution in [0, 0.1) is 0 Å². The average Bonchev–Trinajstić information content (AvgIpc) is 2.45. The number of rotatable bonds is 4. The highest BCUT2D eigenvalue weighted by Crippen LogP contribution is 2.30. The lowest BCUT2D eigenvalue weighted by Crippen LogP contribution is -2.04. The van der Waals surface area contributed by atoms with Crippen LogP contribution in [-0.4, -0.2) is 16.6 Å². The van der Waals surface area contributed by atoms with Gasteiger partial charge in [0.15, 0.2) is 0 Å². The minimum Gasteiger partial charge on any atom is -0.477 e. The standard InChI is InChI=1S/C14H13F3N2O/c1-2-7-20-13-9-18-12(8-19-13)10-3-5-11(6-4-10)14(15,16)17/h3-6,8-9H,2,7H2,1H3. The summed E-state index contributed by atoms with van der Waals surface area (Å²) in [7, 11) is 0. The zero-order chi connectivity index (χ0) is 14.6. The van der Waals surface area contributed by atoms with Gasteiger partial charge < -0.3 is 4.74 Å². The second-order valence-electron chi connectivity index (χ2n) is 4.16. The first kappa shape index (κ1) is 14.3. The molecule has 0 bridgehead atoms. The van der Waals surface area contributed by atoms with E-state index in [1.54, 1.807) is 0 Å². The summed E-state index contributed by atoms with van der Waals surface area (Å²) < 4.78 is 42.6. The van der Waals surface area contributed by atoms with Crippen LogP contribution in [0.4, 0.5) is 13.2 Å². The Bertz CT molecular complexity index is 550. The van der Waals surface area contributed by atoms with Crippen LogP contribution in [0.15, 0.2) is 36.7 Å². The molecule has 2 rings (SSSR count). The van der Waals surface area contributed by atoms with Crippen LogP contribution in [0.1, 0.15) is 18.9 Å². The van der Waals surface area contributed by atoms with Gasteiger partial charge in [-0.25, -0.2) is 9.97 Å². The van der Waals surface area contributed by atoms with Crippen LogP contribution >= 0.6 is 0 Å². The second-order valence-corrected chi connectivity index (χ2v) is 4.16. The first-order valence-electron chi connectivity index (χ1n) is 6.13. The number of hydrogen-bond acceptors (Lipinski definition) is 3. The second kappa shape index (κ2) is 5.90. The molecule has 0 aliphatic rings. The summed E-state index contributed by atoms with van der Waals surface area (Å²) in [5, 5.41) is 0. The molecule has 1 aromatic heterocycles. The van der Waals surface area contributed by atoms with Crippen LogP contribution in [0.3, 0.4) is 0 Å². The van der Waals surface area contributed by atoms with Crippen molar-refractivity contribution in [2.75, 3.05) is 6.61 Å². The molecule has 0 aliphatic carbocycles. The van der Waals surface area contributed by atoms with Crippen molar-refractivity contribution in [3.63, 3.8) is 0 Å². The minimum absolute atomic E-state index is 0.405. The van der Waals surface area contributed by atoms with Crippen molar-refractivity contribution < 1.29 is 17.9 Å². The van der Waals surface area contributed by atoms with Gasteiger partial charge in [0.2, 0.25) is 5.88 Å². The van der Waals surface area contributed by atoms with Crippen LogP contribution in [0.25, 0.3) is 11.3 Å². The smallest absolute Gasteiger partial charge is 0.416 e. The molecule has 0 amide bonds. The van der Waals surface area contributed by atoms with Crippen molar-refractivity contribution in [1.82, 2.24) is 9.97 Å². The van der Waals surface area contributed by atoms with E-state index in [1.165, 1.54) is 24.5 Å². The minimum atomic E-state index is -4.33. The van der Waals surface area contributed by atoms with E-state index >= 15 is 0 Å². The average molecular weight is 282 g/mol. The van der Waals surface area contributed by atoms with Gasteiger partial charge in [-0.3, -0.25) is 0 Å². The Balaban J connectivity index is 2.15. The maximum absolute atomic E-state index is 12.4. The highest BCUT2D eigenvalue weighted by molar-refractivity contribution is 5.58. The van der Waals surface area contributed by atoms with E-state index in [1.807, 2.05) is 6.92 Å². The molecule has 1 aromatic carbocycles. The molecule has 0 spiro atoms. The number of aromatic nitrogens is 2. The molecule has 6 heteroatoms. The molecule has 0 saturated carbocycles. The lowest BCUT2D eigenvalue weighted by atomic mass is 10.1. The number of halogens is 3. The number of hydrogen-bond donors (Lipinski definition) is 0. The van der Waals surface area contributed by atoms with Crippen molar-refractivity contribution in [3.8, 4) is 17.1 Å². The normalized spacial score (nSPS) is 11.4. The molecular formula is C14H13F3N2O. The predicted octanol–water partition coefficient (Wildman–Crippen LogP) is 3.95. The number of nitrogens with zero attached hydrogens (tertiary/aromatic N) is 2. The Morgan fingerprint density at radius 2 is 1.75 bits per heavy atom. The van der Waals surface area contributed by atoms with Crippen LogP contribution in [0.2, 0.25) is 0 Å². The summed E-state index contributed by atoms with van der Waals surface area (Å²) in [6.07, 6.45) is -0.527. The Morgan fingerprint density at radius 1 is 1.05 bits per heavy atom. The highest BCUT2D eigenvalue weighted by atomic mass is 19.4. The molecule has 3 nitrogen and oxygen atoms in total. The molecule has 0 unspecified atom stereocenters. The molecule has 0 N–H and O–H groups in total. The lowest BCUT2D eigenvalue weighted by Gasteiger charge is -2.07. The molecule has 0 fully saturated rings. The maximum Gasteiger partial charge on any atom is 0.416 e. The predicted molar refractivity (Wildman–Crippen MR) is 68.3 cm³/mol. The van der Waals surface area contributed by atoms with Gasteiger partial charge in [-0.2, -0.15) is 13.2 Å². The first-order chi connectivity index (χ1) is 9.50. The number of ether oxygens (including phenoxy) is 1. The summed E-state index contributed by atoms with van der Waals surface area (Å²) >= 11 is 0. The topological polar surface area (TPSA) is 35.0 Å². The molecular weight excluding hydrogens is 269 g/mol. The third-order valence-corrected chi connectivity index (χ3v) is 2.59. The fourth-order valence-corrected chi connectivity index (χ4v) is 1.58. The molecule has 0 atom stereocenters. The van der Waals surface area contributed by atoms with Gasteiger partial charge >= 0.3 is 6.18 Å². The van der Waals surface area contributed by atoms with Crippen LogP contribution in [-0.2, 0) is 6.18 Å². The van der Waals surface area contributed by atoms with E-state index in [9.17, 15) is 13.2 Å². The van der Waals surface area contributed by atoms with Gasteiger partial charge in [-0.05, 0) is 18.6 Å². The maximum atomic E-state index is 12.4. The molecule has 106 valence electrons. The zero-order valence-corrected chi connectivity index (χ0v) is 10.8. The summed E-state index contributed by atoms with van der Waals surface area (Å²) in [4.78, 5) is 8.18. The van der Waals surface area contributed by atoms with Gasteiger partial charge in [0.25, 0.3) is 0 Å². The Labute approximate surface area is 114 Å². The molecule has 0 radical (unpaired) electrons. The summed E-state index contributed by atoms with van der Waals surface area (Å²) in [5.41, 5.74) is 0.396. The van der Waals surface area contributed by atoms with Gasteiger partial charge in [-0.1, -0.05) is 19.1 Å². The van der Waals surface area contributed by atoms with Gasteiger partial charge in [0.05, 0.1) is 30.3 Å². The van der Waals surface area contributed by atoms with E-state index in [-0.39, 0.29) is 0 Å². The van der Waals surface area contributed by atoms with E-state index in [4.69, 9.17) is 4.74 Å². The third kappa shape index (κ3) is 3.46. The van der Waals surface area contributed by atoms with Gasteiger partial charge in [0, 0.05) is 5.56 Å². The Morgan fingerprint density at radius 3 is 2.25 bits per heavy atom. The van der Waals surface area contributed by atoms with E-state index in [0.29, 0.717) is 23.7 Å². The molecule has 0 saturated heterocycles. The van der Waals surface area contributed by atoms with Crippen molar-refractivity contribution in [2.24, 2.45) is 0 Å². The monoisotopic (exact) mass is 282 g/mol. The van der Waals surface area contributed by atoms with Crippen LogP contribution in [0.5, 0.6) is 5.88 Å². The number of benzene rings is 1. The Kier molecular flexibility index (Phi) is 4.22. The Hall–Kier alpha value is -2.11. The molecule has 0 aliphatic heterocycles. The highest BCUT2D eigenvalue weighted by Gasteiger charge is 2.29. The SMILES string of the molecule is CCCOc1cnc(-c2ccc(C(F)(F)F)cc2)cn1. The summed E-state index contributed by atoms with van der Waals surface area (Å²) in [6.45, 7) is 2.53. The van der Waals surface area contributed by atoms with Gasteiger partial charge in [-0.15, -0.1) is 0 Å². The van der Waals surface area contributed by atoms with E-state index in [0.717, 1.165) is 18.6 Å². The number of alkyl halides is 3. The van der Waals surface area contributed by atoms with Crippen LogP contribution < -0.4 is 4.74 Å². The molecule has 1 heterocycles. The largest absolute Gasteiger partial charge is 0.477 e. The first-order valence-corrected chi connectivity index (χ1v) is 6.13. The molecule has 20 heavy (non-hydrogen) atoms. The van der Waals surface area contributed by atoms with Crippen molar-refractivity contribution >= 4 is 0 Å². The van der Waals surface area contributed by atoms with E-state index in [2.05, 4.69) is 9.97 Å². The zero-order valence-electron chi connectivity index (χ0n) is 10.8. The quantitative estimate of drug-likeness (QED) is 0.851. The third-order valence-electron chi connectivity index (χ3n) is 2.59. The molecule has 2 aromatic rings. The van der Waals surface area contributed by atoms with Crippen molar-refractivity contribution in [3.05, 3.63) is 42.2 Å². The van der Waals surface area contributed by atoms with Gasteiger partial charge in [0.1, 0.15) is 0 Å². The summed E-state index contributed by atoms with van der Waals surface area (Å²) in [6, 6.07) is 4.80. The summed E-state index contributed by atoms with van der Waals surface area (Å²) in [5.74, 6) is 0.405. The van der Waals surface area contributed by atoms with E-state index < -0.39 is 11.7 Å². The van der Waals surface area contributed by atoms with Crippen molar-refractivity contribution in [1.29, 1.82) is 0 Å². The fraction of sp³-hybridized carbons (Fsp3) is 0.286. The fourth-order valence-electron chi connectivity index (χ4n) is 1.58. The lowest BCUT2D eigenvalue weighted by molar-refractivity contribution is -0.137.